The van der Waals surface area contributed by atoms with Crippen molar-refractivity contribution in [2.75, 3.05) is 0 Å². The Bertz CT molecular complexity index is 960. The van der Waals surface area contributed by atoms with Gasteiger partial charge in [0.15, 0.2) is 5.76 Å². The fourth-order valence-electron chi connectivity index (χ4n) is 2.51. The Hall–Kier alpha value is -3.18. The van der Waals surface area contributed by atoms with Crippen molar-refractivity contribution in [3.05, 3.63) is 74.7 Å². The average Bonchev–Trinajstić information content (AvgIpc) is 2.54. The van der Waals surface area contributed by atoms with Crippen molar-refractivity contribution in [1.82, 2.24) is 0 Å². The molecular weight excluding hydrogens is 322 g/mol. The van der Waals surface area contributed by atoms with Crippen LogP contribution in [0, 0.1) is 23.0 Å². The zero-order chi connectivity index (χ0) is 17.4. The fraction of sp³-hybridized carbons (Fsp3) is 0.125. The van der Waals surface area contributed by atoms with Gasteiger partial charge in [-0.3, -0.25) is 4.79 Å². The number of hydrogen-bond donors (Lipinski definition) is 2. The SMILES string of the molecule is N#CC1=C(N)Oc2c(oc(CO)cc2=O)C1c1ccc(F)cc1F. The molecule has 0 aliphatic carbocycles. The van der Waals surface area contributed by atoms with Gasteiger partial charge in [0.2, 0.25) is 17.1 Å². The van der Waals surface area contributed by atoms with E-state index in [2.05, 4.69) is 0 Å². The molecule has 2 aromatic rings. The van der Waals surface area contributed by atoms with Crippen LogP contribution in [-0.4, -0.2) is 5.11 Å². The molecule has 24 heavy (non-hydrogen) atoms. The molecule has 1 aliphatic heterocycles. The van der Waals surface area contributed by atoms with Gasteiger partial charge in [-0.2, -0.15) is 5.26 Å². The predicted molar refractivity (Wildman–Crippen MR) is 76.6 cm³/mol. The molecule has 0 bridgehead atoms. The van der Waals surface area contributed by atoms with Crippen molar-refractivity contribution in [3.8, 4) is 11.8 Å². The molecule has 0 saturated heterocycles. The number of aliphatic hydroxyl groups is 1. The monoisotopic (exact) mass is 332 g/mol. The molecule has 0 fully saturated rings. The number of ether oxygens (including phenoxy) is 1. The first-order valence-corrected chi connectivity index (χ1v) is 6.76. The number of aliphatic hydroxyl groups excluding tert-OH is 1. The Morgan fingerprint density at radius 1 is 1.33 bits per heavy atom. The van der Waals surface area contributed by atoms with Crippen LogP contribution in [0.3, 0.4) is 0 Å². The maximum Gasteiger partial charge on any atom is 0.228 e. The van der Waals surface area contributed by atoms with Crippen LogP contribution in [0.4, 0.5) is 8.78 Å². The second-order valence-electron chi connectivity index (χ2n) is 5.02. The summed E-state index contributed by atoms with van der Waals surface area (Å²) in [6.45, 7) is -0.581. The summed E-state index contributed by atoms with van der Waals surface area (Å²) in [7, 11) is 0. The van der Waals surface area contributed by atoms with Crippen molar-refractivity contribution in [3.63, 3.8) is 0 Å². The molecule has 3 N–H and O–H groups in total. The second-order valence-corrected chi connectivity index (χ2v) is 5.02. The van der Waals surface area contributed by atoms with E-state index < -0.39 is 29.6 Å². The van der Waals surface area contributed by atoms with Gasteiger partial charge in [-0.1, -0.05) is 6.07 Å². The van der Waals surface area contributed by atoms with Crippen LogP contribution >= 0.6 is 0 Å². The number of nitrogens with two attached hydrogens (primary N) is 1. The molecule has 0 spiro atoms. The van der Waals surface area contributed by atoms with Crippen molar-refractivity contribution >= 4 is 0 Å². The van der Waals surface area contributed by atoms with E-state index in [4.69, 9.17) is 14.9 Å². The molecule has 6 nitrogen and oxygen atoms in total. The van der Waals surface area contributed by atoms with Crippen LogP contribution in [0.5, 0.6) is 5.75 Å². The van der Waals surface area contributed by atoms with E-state index in [0.717, 1.165) is 18.2 Å². The van der Waals surface area contributed by atoms with Crippen LogP contribution < -0.4 is 15.9 Å². The zero-order valence-electron chi connectivity index (χ0n) is 12.0. The first kappa shape index (κ1) is 15.7. The maximum atomic E-state index is 14.2. The Balaban J connectivity index is 2.33. The third kappa shape index (κ3) is 2.41. The summed E-state index contributed by atoms with van der Waals surface area (Å²) in [4.78, 5) is 12.1. The van der Waals surface area contributed by atoms with Crippen molar-refractivity contribution < 1.29 is 23.0 Å². The average molecular weight is 332 g/mol. The number of hydrogen-bond acceptors (Lipinski definition) is 6. The molecule has 1 aromatic heterocycles. The smallest absolute Gasteiger partial charge is 0.228 e. The Labute approximate surface area is 134 Å². The second kappa shape index (κ2) is 5.79. The van der Waals surface area contributed by atoms with E-state index in [9.17, 15) is 23.9 Å². The van der Waals surface area contributed by atoms with Crippen LogP contribution in [0.1, 0.15) is 23.0 Å². The summed E-state index contributed by atoms with van der Waals surface area (Å²) in [6, 6.07) is 5.56. The molecule has 0 amide bonds. The highest BCUT2D eigenvalue weighted by Gasteiger charge is 2.36. The zero-order valence-corrected chi connectivity index (χ0v) is 12.0. The van der Waals surface area contributed by atoms with E-state index in [1.807, 2.05) is 0 Å². The van der Waals surface area contributed by atoms with Crippen molar-refractivity contribution in [2.24, 2.45) is 5.73 Å². The lowest BCUT2D eigenvalue weighted by atomic mass is 9.87. The minimum Gasteiger partial charge on any atom is -0.458 e. The number of benzene rings is 1. The highest BCUT2D eigenvalue weighted by molar-refractivity contribution is 5.52. The number of rotatable bonds is 2. The normalized spacial score (nSPS) is 16.3. The minimum atomic E-state index is -1.20. The summed E-state index contributed by atoms with van der Waals surface area (Å²) < 4.78 is 37.9. The first-order valence-electron chi connectivity index (χ1n) is 6.76. The third-order valence-corrected chi connectivity index (χ3v) is 3.56. The predicted octanol–water partition coefficient (Wildman–Crippen LogP) is 1.63. The summed E-state index contributed by atoms with van der Waals surface area (Å²) in [5.74, 6) is -3.89. The molecule has 1 atom stereocenters. The molecule has 8 heteroatoms. The largest absolute Gasteiger partial charge is 0.458 e. The van der Waals surface area contributed by atoms with Gasteiger partial charge in [0.1, 0.15) is 35.6 Å². The molecule has 1 unspecified atom stereocenters. The Morgan fingerprint density at radius 2 is 2.08 bits per heavy atom. The van der Waals surface area contributed by atoms with Gasteiger partial charge in [0.25, 0.3) is 0 Å². The number of fused-ring (bicyclic) bond motifs is 1. The van der Waals surface area contributed by atoms with Crippen LogP contribution in [0.2, 0.25) is 0 Å². The third-order valence-electron chi connectivity index (χ3n) is 3.56. The number of nitriles is 1. The molecule has 2 heterocycles. The van der Waals surface area contributed by atoms with Crippen LogP contribution in [-0.2, 0) is 6.61 Å². The van der Waals surface area contributed by atoms with Crippen molar-refractivity contribution in [1.29, 1.82) is 5.26 Å². The van der Waals surface area contributed by atoms with E-state index in [1.54, 1.807) is 6.07 Å². The summed E-state index contributed by atoms with van der Waals surface area (Å²) in [5.41, 5.74) is 4.71. The lowest BCUT2D eigenvalue weighted by Crippen LogP contribution is -2.26. The van der Waals surface area contributed by atoms with E-state index in [0.29, 0.717) is 6.07 Å². The molecule has 3 rings (SSSR count). The summed E-state index contributed by atoms with van der Waals surface area (Å²) in [6.07, 6.45) is 0. The first-order chi connectivity index (χ1) is 11.5. The Morgan fingerprint density at radius 3 is 2.71 bits per heavy atom. The van der Waals surface area contributed by atoms with Gasteiger partial charge in [-0.05, 0) is 6.07 Å². The topological polar surface area (TPSA) is 109 Å². The summed E-state index contributed by atoms with van der Waals surface area (Å²) >= 11 is 0. The van der Waals surface area contributed by atoms with Crippen molar-refractivity contribution in [2.45, 2.75) is 12.5 Å². The highest BCUT2D eigenvalue weighted by Crippen LogP contribution is 2.41. The quantitative estimate of drug-likeness (QED) is 0.865. The van der Waals surface area contributed by atoms with Gasteiger partial charge < -0.3 is 20.0 Å². The molecule has 1 aromatic carbocycles. The van der Waals surface area contributed by atoms with Gasteiger partial charge in [0, 0.05) is 17.7 Å². The minimum absolute atomic E-state index is 0.0902. The summed E-state index contributed by atoms with van der Waals surface area (Å²) in [5, 5.41) is 18.5. The highest BCUT2D eigenvalue weighted by atomic mass is 19.1. The van der Waals surface area contributed by atoms with Gasteiger partial charge in [-0.25, -0.2) is 8.78 Å². The van der Waals surface area contributed by atoms with E-state index in [1.165, 1.54) is 0 Å². The number of nitrogens with zero attached hydrogens (tertiary/aromatic N) is 1. The molecule has 1 aliphatic rings. The number of halogens is 2. The maximum absolute atomic E-state index is 14.2. The molecule has 0 radical (unpaired) electrons. The number of allylic oxidation sites excluding steroid dienone is 1. The fourth-order valence-corrected chi connectivity index (χ4v) is 2.51. The molecular formula is C16H10F2N2O4. The van der Waals surface area contributed by atoms with E-state index >= 15 is 0 Å². The van der Waals surface area contributed by atoms with E-state index in [-0.39, 0.29) is 34.3 Å². The molecule has 0 saturated carbocycles. The van der Waals surface area contributed by atoms with Gasteiger partial charge in [0.05, 0.1) is 5.92 Å². The van der Waals surface area contributed by atoms with Crippen LogP contribution in [0.15, 0.2) is 44.9 Å². The lowest BCUT2D eigenvalue weighted by molar-refractivity contribution is 0.231. The van der Waals surface area contributed by atoms with Gasteiger partial charge in [-0.15, -0.1) is 0 Å². The molecule has 122 valence electrons. The van der Waals surface area contributed by atoms with Crippen LogP contribution in [0.25, 0.3) is 0 Å². The standard InChI is InChI=1S/C16H10F2N2O4/c17-7-1-2-9(11(18)3-7)13-10(5-19)16(20)24-14-12(22)4-8(6-21)23-15(13)14/h1-4,13,21H,6,20H2. The van der Waals surface area contributed by atoms with Gasteiger partial charge >= 0.3 is 0 Å². The Kier molecular flexibility index (Phi) is 3.79. The lowest BCUT2D eigenvalue weighted by Gasteiger charge is -2.25.